The first-order valence-corrected chi connectivity index (χ1v) is 22.9. The zero-order valence-corrected chi connectivity index (χ0v) is 36.7. The molecule has 1 aromatic heterocycles. The fourth-order valence-electron chi connectivity index (χ4n) is 10.1. The second-order valence-corrected chi connectivity index (χ2v) is 17.4. The predicted octanol–water partition coefficient (Wildman–Crippen LogP) is 17.2. The molecule has 0 spiro atoms. The molecular formula is C64H38N4. The summed E-state index contributed by atoms with van der Waals surface area (Å²) in [6.07, 6.45) is 0. The molecule has 0 saturated carbocycles. The lowest BCUT2D eigenvalue weighted by Crippen LogP contribution is -2.00. The van der Waals surface area contributed by atoms with Gasteiger partial charge in [0.25, 0.3) is 0 Å². The van der Waals surface area contributed by atoms with Crippen LogP contribution in [-0.4, -0.2) is 15.0 Å². The summed E-state index contributed by atoms with van der Waals surface area (Å²) in [7, 11) is 0. The van der Waals surface area contributed by atoms with Crippen LogP contribution in [0.2, 0.25) is 0 Å². The second kappa shape index (κ2) is 16.0. The first-order valence-electron chi connectivity index (χ1n) is 22.9. The number of aromatic nitrogens is 3. The third kappa shape index (κ3) is 6.65. The topological polar surface area (TPSA) is 43.0 Å². The molecule has 0 amide bonds. The quantitative estimate of drug-likeness (QED) is 0.118. The number of hydrogen-bond acceptors (Lipinski definition) is 3. The van der Waals surface area contributed by atoms with Gasteiger partial charge in [0.1, 0.15) is 0 Å². The van der Waals surface area contributed by atoms with E-state index in [9.17, 15) is 0 Å². The van der Waals surface area contributed by atoms with E-state index in [-0.39, 0.29) is 0 Å². The van der Waals surface area contributed by atoms with Gasteiger partial charge < -0.3 is 0 Å². The van der Waals surface area contributed by atoms with Gasteiger partial charge in [-0.1, -0.05) is 224 Å². The monoisotopic (exact) mass is 862 g/mol. The molecule has 12 aromatic rings. The van der Waals surface area contributed by atoms with Gasteiger partial charge in [0.05, 0.1) is 6.57 Å². The van der Waals surface area contributed by atoms with Crippen LogP contribution in [0.1, 0.15) is 0 Å². The number of nitrogens with zero attached hydrogens (tertiary/aromatic N) is 4. The van der Waals surface area contributed by atoms with Crippen LogP contribution < -0.4 is 0 Å². The largest absolute Gasteiger partial charge is 0.238 e. The zero-order valence-electron chi connectivity index (χ0n) is 36.7. The lowest BCUT2D eigenvalue weighted by Gasteiger charge is -2.12. The molecule has 11 aromatic carbocycles. The number of rotatable bonds is 7. The average molecular weight is 863 g/mol. The van der Waals surface area contributed by atoms with Gasteiger partial charge in [0.15, 0.2) is 23.2 Å². The second-order valence-electron chi connectivity index (χ2n) is 17.4. The highest BCUT2D eigenvalue weighted by molar-refractivity contribution is 6.16. The standard InChI is InChI=1S/C64H38N4/c1-65-60-37-34-49(42-22-20-40(21-23-42)41-24-26-44(27-25-41)52-16-9-17-53-51-15-6-5-10-43(51)32-35-54(52)53)38-58(60)45-28-30-48(31-29-45)63-66-62(47-11-3-2-4-12-47)67-64(68-63)50-33-36-55-56-18-7-13-46-14-8-19-57(61(46)56)59(55)39-50/h2-39H. The van der Waals surface area contributed by atoms with Gasteiger partial charge in [-0.15, -0.1) is 0 Å². The Kier molecular flexibility index (Phi) is 9.20. The maximum absolute atomic E-state index is 8.08. The van der Waals surface area contributed by atoms with Crippen molar-refractivity contribution in [3.05, 3.63) is 242 Å². The molecule has 13 rings (SSSR count). The summed E-state index contributed by atoms with van der Waals surface area (Å²) < 4.78 is 0. The van der Waals surface area contributed by atoms with Gasteiger partial charge in [-0.05, 0) is 105 Å². The highest BCUT2D eigenvalue weighted by Crippen LogP contribution is 2.48. The maximum atomic E-state index is 8.08. The number of fused-ring (bicyclic) bond motifs is 6. The van der Waals surface area contributed by atoms with E-state index in [0.717, 1.165) is 50.1 Å². The third-order valence-corrected chi connectivity index (χ3v) is 13.5. The Hall–Kier alpha value is -9.30. The van der Waals surface area contributed by atoms with Crippen molar-refractivity contribution in [3.8, 4) is 101 Å². The Labute approximate surface area is 394 Å². The van der Waals surface area contributed by atoms with Crippen molar-refractivity contribution in [1.29, 1.82) is 0 Å². The van der Waals surface area contributed by atoms with Crippen molar-refractivity contribution < 1.29 is 0 Å². The summed E-state index contributed by atoms with van der Waals surface area (Å²) in [6, 6.07) is 81.2. The summed E-state index contributed by atoms with van der Waals surface area (Å²) >= 11 is 0. The van der Waals surface area contributed by atoms with Crippen LogP contribution in [0.4, 0.5) is 5.69 Å². The first-order chi connectivity index (χ1) is 33.6. The van der Waals surface area contributed by atoms with Crippen molar-refractivity contribution in [2.45, 2.75) is 0 Å². The molecule has 0 unspecified atom stereocenters. The molecule has 0 atom stereocenters. The smallest absolute Gasteiger partial charge is 0.194 e. The molecule has 4 heteroatoms. The van der Waals surface area contributed by atoms with E-state index in [1.807, 2.05) is 54.6 Å². The lowest BCUT2D eigenvalue weighted by molar-refractivity contribution is 1.07. The number of hydrogen-bond donors (Lipinski definition) is 0. The van der Waals surface area contributed by atoms with Gasteiger partial charge in [0, 0.05) is 16.7 Å². The van der Waals surface area contributed by atoms with Crippen LogP contribution in [0.25, 0.3) is 138 Å². The zero-order chi connectivity index (χ0) is 45.1. The Morgan fingerprint density at radius 1 is 0.265 bits per heavy atom. The van der Waals surface area contributed by atoms with Crippen molar-refractivity contribution in [2.24, 2.45) is 0 Å². The van der Waals surface area contributed by atoms with Crippen LogP contribution in [0.5, 0.6) is 0 Å². The average Bonchev–Trinajstić information content (AvgIpc) is 3.74. The van der Waals surface area contributed by atoms with E-state index in [1.54, 1.807) is 0 Å². The van der Waals surface area contributed by atoms with E-state index in [2.05, 4.69) is 181 Å². The molecule has 1 aliphatic carbocycles. The van der Waals surface area contributed by atoms with E-state index >= 15 is 0 Å². The van der Waals surface area contributed by atoms with Crippen molar-refractivity contribution in [3.63, 3.8) is 0 Å². The van der Waals surface area contributed by atoms with Gasteiger partial charge in [-0.25, -0.2) is 19.8 Å². The van der Waals surface area contributed by atoms with E-state index in [1.165, 1.54) is 65.7 Å². The molecule has 1 heterocycles. The molecule has 1 aliphatic rings. The van der Waals surface area contributed by atoms with Crippen molar-refractivity contribution >= 4 is 38.0 Å². The normalized spacial score (nSPS) is 11.5. The van der Waals surface area contributed by atoms with Gasteiger partial charge in [-0.3, -0.25) is 0 Å². The highest BCUT2D eigenvalue weighted by atomic mass is 15.0. The Morgan fingerprint density at radius 3 is 1.46 bits per heavy atom. The summed E-state index contributed by atoms with van der Waals surface area (Å²) in [6.45, 7) is 8.08. The van der Waals surface area contributed by atoms with Gasteiger partial charge >= 0.3 is 0 Å². The fraction of sp³-hybridized carbons (Fsp3) is 0. The van der Waals surface area contributed by atoms with E-state index in [0.29, 0.717) is 23.2 Å². The molecule has 0 aliphatic heterocycles. The van der Waals surface area contributed by atoms with Crippen LogP contribution >= 0.6 is 0 Å². The minimum atomic E-state index is 0.586. The van der Waals surface area contributed by atoms with Crippen LogP contribution in [0, 0.1) is 6.57 Å². The summed E-state index contributed by atoms with van der Waals surface area (Å²) in [5, 5.41) is 7.59. The van der Waals surface area contributed by atoms with Gasteiger partial charge in [-0.2, -0.15) is 0 Å². The molecule has 0 bridgehead atoms. The molecule has 4 nitrogen and oxygen atoms in total. The molecule has 68 heavy (non-hydrogen) atoms. The van der Waals surface area contributed by atoms with E-state index in [4.69, 9.17) is 21.5 Å². The SMILES string of the molecule is [C-]#[N+]c1ccc(-c2ccc(-c3ccc(-c4cccc5c4ccc4ccccc45)cc3)cc2)cc1-c1ccc(-c2nc(-c3ccccc3)nc(-c3ccc4c(c3)-c3cccc5cccc-4c35)n2)cc1. The lowest BCUT2D eigenvalue weighted by atomic mass is 9.93. The Balaban J connectivity index is 0.794. The molecule has 0 N–H and O–H groups in total. The summed E-state index contributed by atoms with van der Waals surface area (Å²) in [5.74, 6) is 1.81. The number of benzene rings is 11. The molecular weight excluding hydrogens is 825 g/mol. The van der Waals surface area contributed by atoms with Crippen molar-refractivity contribution in [1.82, 2.24) is 15.0 Å². The van der Waals surface area contributed by atoms with Crippen molar-refractivity contribution in [2.75, 3.05) is 0 Å². The predicted molar refractivity (Wildman–Crippen MR) is 281 cm³/mol. The molecule has 0 fully saturated rings. The minimum absolute atomic E-state index is 0.586. The van der Waals surface area contributed by atoms with Crippen LogP contribution in [0.15, 0.2) is 231 Å². The summed E-state index contributed by atoms with van der Waals surface area (Å²) in [5.41, 5.74) is 16.9. The minimum Gasteiger partial charge on any atom is -0.238 e. The molecule has 0 saturated heterocycles. The highest BCUT2D eigenvalue weighted by Gasteiger charge is 2.23. The molecule has 314 valence electrons. The Morgan fingerprint density at radius 2 is 0.750 bits per heavy atom. The maximum Gasteiger partial charge on any atom is 0.194 e. The summed E-state index contributed by atoms with van der Waals surface area (Å²) in [4.78, 5) is 19.1. The molecule has 0 radical (unpaired) electrons. The van der Waals surface area contributed by atoms with Crippen LogP contribution in [-0.2, 0) is 0 Å². The van der Waals surface area contributed by atoms with E-state index < -0.39 is 0 Å². The first kappa shape index (κ1) is 39.1. The van der Waals surface area contributed by atoms with Gasteiger partial charge in [0.2, 0.25) is 0 Å². The fourth-order valence-corrected chi connectivity index (χ4v) is 10.1. The Bertz CT molecular complexity index is 3990. The van der Waals surface area contributed by atoms with Crippen LogP contribution in [0.3, 0.4) is 0 Å². The third-order valence-electron chi connectivity index (χ3n) is 13.5.